The third-order valence-electron chi connectivity index (χ3n) is 2.54. The van der Waals surface area contributed by atoms with E-state index in [2.05, 4.69) is 9.72 Å². The van der Waals surface area contributed by atoms with Crippen LogP contribution < -0.4 is 4.74 Å². The molecule has 0 saturated heterocycles. The van der Waals surface area contributed by atoms with Crippen molar-refractivity contribution in [2.24, 2.45) is 0 Å². The summed E-state index contributed by atoms with van der Waals surface area (Å²) in [6.45, 7) is 0. The Hall–Kier alpha value is -2.32. The van der Waals surface area contributed by atoms with Gasteiger partial charge in [-0.2, -0.15) is 13.2 Å². The molecule has 0 atom stereocenters. The largest absolute Gasteiger partial charge is 0.573 e. The van der Waals surface area contributed by atoms with E-state index < -0.39 is 35.4 Å². The van der Waals surface area contributed by atoms with Gasteiger partial charge in [0.2, 0.25) is 0 Å². The third kappa shape index (κ3) is 3.66. The van der Waals surface area contributed by atoms with Crippen LogP contribution in [0.3, 0.4) is 0 Å². The maximum absolute atomic E-state index is 13.9. The molecule has 0 saturated carbocycles. The standard InChI is InChI=1S/C13H6F7NO/c14-10-9(12(15,16)17)4-5-21-11(10)7-2-1-3-8(6-7)22-13(18,19)20/h1-6H. The summed E-state index contributed by atoms with van der Waals surface area (Å²) >= 11 is 0. The molecule has 0 aliphatic heterocycles. The Kier molecular flexibility index (Phi) is 3.99. The van der Waals surface area contributed by atoms with E-state index in [0.29, 0.717) is 6.07 Å². The molecule has 0 bridgehead atoms. The van der Waals surface area contributed by atoms with Crippen LogP contribution in [-0.4, -0.2) is 11.3 Å². The lowest BCUT2D eigenvalue weighted by molar-refractivity contribution is -0.274. The van der Waals surface area contributed by atoms with E-state index in [-0.39, 0.29) is 5.56 Å². The van der Waals surface area contributed by atoms with Crippen LogP contribution in [0.5, 0.6) is 5.75 Å². The van der Waals surface area contributed by atoms with Gasteiger partial charge < -0.3 is 4.74 Å². The normalized spacial score (nSPS) is 12.3. The molecule has 0 fully saturated rings. The molecule has 2 rings (SSSR count). The third-order valence-corrected chi connectivity index (χ3v) is 2.54. The molecule has 0 aliphatic carbocycles. The summed E-state index contributed by atoms with van der Waals surface area (Å²) in [5.41, 5.74) is -2.55. The van der Waals surface area contributed by atoms with E-state index in [1.807, 2.05) is 0 Å². The van der Waals surface area contributed by atoms with E-state index >= 15 is 0 Å². The maximum Gasteiger partial charge on any atom is 0.573 e. The number of hydrogen-bond donors (Lipinski definition) is 0. The maximum atomic E-state index is 13.9. The van der Waals surface area contributed by atoms with Crippen LogP contribution in [-0.2, 0) is 6.18 Å². The van der Waals surface area contributed by atoms with Gasteiger partial charge in [-0.25, -0.2) is 4.39 Å². The van der Waals surface area contributed by atoms with E-state index in [0.717, 1.165) is 30.5 Å². The van der Waals surface area contributed by atoms with Crippen LogP contribution in [0.2, 0.25) is 0 Å². The van der Waals surface area contributed by atoms with Gasteiger partial charge in [-0.05, 0) is 18.2 Å². The van der Waals surface area contributed by atoms with Crippen molar-refractivity contribution >= 4 is 0 Å². The Morgan fingerprint density at radius 1 is 0.955 bits per heavy atom. The Morgan fingerprint density at radius 2 is 1.64 bits per heavy atom. The minimum absolute atomic E-state index is 0.273. The fourth-order valence-corrected chi connectivity index (χ4v) is 1.70. The first-order valence-electron chi connectivity index (χ1n) is 5.66. The molecule has 0 aliphatic rings. The van der Waals surface area contributed by atoms with Crippen LogP contribution >= 0.6 is 0 Å². The Balaban J connectivity index is 2.47. The number of hydrogen-bond acceptors (Lipinski definition) is 2. The van der Waals surface area contributed by atoms with Gasteiger partial charge in [0.25, 0.3) is 0 Å². The Labute approximate surface area is 119 Å². The zero-order valence-corrected chi connectivity index (χ0v) is 10.5. The van der Waals surface area contributed by atoms with Gasteiger partial charge in [0.1, 0.15) is 11.4 Å². The number of aromatic nitrogens is 1. The van der Waals surface area contributed by atoms with Crippen molar-refractivity contribution in [3.8, 4) is 17.0 Å². The second-order valence-electron chi connectivity index (χ2n) is 4.09. The molecule has 22 heavy (non-hydrogen) atoms. The van der Waals surface area contributed by atoms with Crippen molar-refractivity contribution in [1.82, 2.24) is 4.98 Å². The molecular formula is C13H6F7NO. The predicted molar refractivity (Wildman–Crippen MR) is 61.3 cm³/mol. The molecule has 0 amide bonds. The highest BCUT2D eigenvalue weighted by molar-refractivity contribution is 5.62. The number of benzene rings is 1. The lowest BCUT2D eigenvalue weighted by Crippen LogP contribution is -2.17. The zero-order valence-electron chi connectivity index (χ0n) is 10.5. The molecule has 0 radical (unpaired) electrons. The molecular weight excluding hydrogens is 319 g/mol. The molecule has 2 nitrogen and oxygen atoms in total. The van der Waals surface area contributed by atoms with Crippen LogP contribution in [0.25, 0.3) is 11.3 Å². The van der Waals surface area contributed by atoms with Crippen molar-refractivity contribution in [3.05, 3.63) is 47.9 Å². The van der Waals surface area contributed by atoms with Gasteiger partial charge in [0.05, 0.1) is 5.56 Å². The average molecular weight is 325 g/mol. The van der Waals surface area contributed by atoms with Crippen LogP contribution in [0.15, 0.2) is 36.5 Å². The summed E-state index contributed by atoms with van der Waals surface area (Å²) in [5, 5.41) is 0. The molecule has 0 N–H and O–H groups in total. The van der Waals surface area contributed by atoms with E-state index in [1.54, 1.807) is 0 Å². The molecule has 9 heteroatoms. The summed E-state index contributed by atoms with van der Waals surface area (Å²) < 4.78 is 91.7. The molecule has 0 unspecified atom stereocenters. The van der Waals surface area contributed by atoms with Gasteiger partial charge in [0, 0.05) is 11.8 Å². The average Bonchev–Trinajstić information content (AvgIpc) is 2.35. The number of alkyl halides is 6. The summed E-state index contributed by atoms with van der Waals surface area (Å²) in [7, 11) is 0. The zero-order chi connectivity index (χ0) is 16.5. The molecule has 118 valence electrons. The predicted octanol–water partition coefficient (Wildman–Crippen LogP) is 4.81. The summed E-state index contributed by atoms with van der Waals surface area (Å²) in [5.74, 6) is -2.36. The number of pyridine rings is 1. The first-order chi connectivity index (χ1) is 10.1. The number of halogens is 7. The topological polar surface area (TPSA) is 22.1 Å². The second kappa shape index (κ2) is 5.47. The summed E-state index contributed by atoms with van der Waals surface area (Å²) in [6, 6.07) is 4.32. The highest BCUT2D eigenvalue weighted by Crippen LogP contribution is 2.35. The monoisotopic (exact) mass is 325 g/mol. The Bertz CT molecular complexity index is 679. The number of rotatable bonds is 2. The van der Waals surface area contributed by atoms with Gasteiger partial charge in [-0.3, -0.25) is 4.98 Å². The van der Waals surface area contributed by atoms with Crippen LogP contribution in [0.1, 0.15) is 5.56 Å². The van der Waals surface area contributed by atoms with Crippen LogP contribution in [0.4, 0.5) is 30.7 Å². The SMILES string of the molecule is Fc1c(C(F)(F)F)ccnc1-c1cccc(OC(F)(F)F)c1. The molecule has 1 heterocycles. The van der Waals surface area contributed by atoms with E-state index in [4.69, 9.17) is 0 Å². The fraction of sp³-hybridized carbons (Fsp3) is 0.154. The van der Waals surface area contributed by atoms with Crippen molar-refractivity contribution in [2.45, 2.75) is 12.5 Å². The van der Waals surface area contributed by atoms with Crippen molar-refractivity contribution in [2.75, 3.05) is 0 Å². The molecule has 1 aromatic carbocycles. The van der Waals surface area contributed by atoms with Crippen molar-refractivity contribution in [3.63, 3.8) is 0 Å². The quantitative estimate of drug-likeness (QED) is 0.740. The highest BCUT2D eigenvalue weighted by atomic mass is 19.4. The van der Waals surface area contributed by atoms with Gasteiger partial charge >= 0.3 is 12.5 Å². The number of ether oxygens (including phenoxy) is 1. The minimum Gasteiger partial charge on any atom is -0.406 e. The van der Waals surface area contributed by atoms with Gasteiger partial charge in [-0.1, -0.05) is 12.1 Å². The number of nitrogens with zero attached hydrogens (tertiary/aromatic N) is 1. The summed E-state index contributed by atoms with van der Waals surface area (Å²) in [6.07, 6.45) is -9.20. The van der Waals surface area contributed by atoms with Gasteiger partial charge in [-0.15, -0.1) is 13.2 Å². The van der Waals surface area contributed by atoms with Gasteiger partial charge in [0.15, 0.2) is 5.82 Å². The van der Waals surface area contributed by atoms with Crippen molar-refractivity contribution < 1.29 is 35.5 Å². The molecule has 0 spiro atoms. The van der Waals surface area contributed by atoms with Crippen molar-refractivity contribution in [1.29, 1.82) is 0 Å². The van der Waals surface area contributed by atoms with Crippen LogP contribution in [0, 0.1) is 5.82 Å². The Morgan fingerprint density at radius 3 is 2.23 bits per heavy atom. The molecule has 2 aromatic rings. The smallest absolute Gasteiger partial charge is 0.406 e. The fourth-order valence-electron chi connectivity index (χ4n) is 1.70. The first kappa shape index (κ1) is 16.1. The highest BCUT2D eigenvalue weighted by Gasteiger charge is 2.35. The first-order valence-corrected chi connectivity index (χ1v) is 5.66. The summed E-state index contributed by atoms with van der Waals surface area (Å²) in [4.78, 5) is 3.45. The van der Waals surface area contributed by atoms with E-state index in [9.17, 15) is 30.7 Å². The van der Waals surface area contributed by atoms with E-state index in [1.165, 1.54) is 0 Å². The molecule has 1 aromatic heterocycles. The minimum atomic E-state index is -4.97. The second-order valence-corrected chi connectivity index (χ2v) is 4.09. The lowest BCUT2D eigenvalue weighted by Gasteiger charge is -2.12. The lowest BCUT2D eigenvalue weighted by atomic mass is 10.1.